The molecule has 1 fully saturated rings. The maximum absolute atomic E-state index is 15.6. The van der Waals surface area contributed by atoms with Gasteiger partial charge in [0.05, 0.1) is 21.5 Å². The molecule has 2 aliphatic heterocycles. The van der Waals surface area contributed by atoms with Crippen LogP contribution in [-0.4, -0.2) is 38.3 Å². The average Bonchev–Trinajstić information content (AvgIpc) is 3.04. The fourth-order valence-corrected chi connectivity index (χ4v) is 4.34. The molecule has 0 saturated carbocycles. The van der Waals surface area contributed by atoms with Crippen LogP contribution in [0.2, 0.25) is 5.02 Å². The summed E-state index contributed by atoms with van der Waals surface area (Å²) >= 11 is 5.86. The van der Waals surface area contributed by atoms with Crippen LogP contribution >= 0.6 is 19.4 Å². The monoisotopic (exact) mass is 480 g/mol. The Morgan fingerprint density at radius 2 is 2.26 bits per heavy atom. The van der Waals surface area contributed by atoms with Gasteiger partial charge in [0.1, 0.15) is 18.4 Å². The number of aliphatic hydroxyl groups excluding tert-OH is 2. The molecule has 4 rings (SSSR count). The number of fused-ring (bicyclic) bond motifs is 1. The Morgan fingerprint density at radius 1 is 1.48 bits per heavy atom. The topological polar surface area (TPSA) is 149 Å². The second kappa shape index (κ2) is 8.14. The van der Waals surface area contributed by atoms with Crippen LogP contribution in [-0.2, 0) is 31.6 Å². The number of alkyl halides is 1. The molecular formula is C17H17ClFN2O9P. The molecule has 2 aliphatic rings. The summed E-state index contributed by atoms with van der Waals surface area (Å²) in [5.74, 6) is -3.39. The van der Waals surface area contributed by atoms with E-state index in [2.05, 4.69) is 0 Å². The summed E-state index contributed by atoms with van der Waals surface area (Å²) in [4.78, 5) is 25.6. The van der Waals surface area contributed by atoms with E-state index in [1.807, 2.05) is 4.98 Å². The van der Waals surface area contributed by atoms with Crippen molar-refractivity contribution in [3.8, 4) is 5.75 Å². The summed E-state index contributed by atoms with van der Waals surface area (Å²) in [5.41, 5.74) is -1.89. The second-order valence-electron chi connectivity index (χ2n) is 6.74. The first-order valence-electron chi connectivity index (χ1n) is 9.80. The molecule has 31 heavy (non-hydrogen) atoms. The van der Waals surface area contributed by atoms with Crippen molar-refractivity contribution in [2.75, 3.05) is 6.56 Å². The first-order valence-corrected chi connectivity index (χ1v) is 10.6. The van der Waals surface area contributed by atoms with Gasteiger partial charge in [-0.2, -0.15) is 0 Å². The Bertz CT molecular complexity index is 1260. The van der Waals surface area contributed by atoms with Crippen molar-refractivity contribution in [2.24, 2.45) is 0 Å². The zero-order valence-corrected chi connectivity index (χ0v) is 17.1. The molecule has 0 spiro atoms. The van der Waals surface area contributed by atoms with Crippen LogP contribution in [0.1, 0.15) is 26.5 Å². The fourth-order valence-electron chi connectivity index (χ4n) is 3.04. The third-order valence-electron chi connectivity index (χ3n) is 4.52. The number of hydrogen-bond donors (Lipinski definition) is 3. The number of phosphoric ester groups is 1. The van der Waals surface area contributed by atoms with Gasteiger partial charge in [-0.05, 0) is 18.2 Å². The molecule has 11 nitrogen and oxygen atoms in total. The first kappa shape index (κ1) is 19.6. The number of benzene rings is 1. The van der Waals surface area contributed by atoms with E-state index in [4.69, 9.17) is 32.7 Å². The van der Waals surface area contributed by atoms with Crippen molar-refractivity contribution in [2.45, 2.75) is 37.8 Å². The van der Waals surface area contributed by atoms with Gasteiger partial charge in [0.25, 0.3) is 5.56 Å². The molecule has 0 amide bonds. The molecule has 1 saturated heterocycles. The number of ether oxygens (including phenoxy) is 1. The van der Waals surface area contributed by atoms with Crippen molar-refractivity contribution in [1.82, 2.24) is 9.55 Å². The summed E-state index contributed by atoms with van der Waals surface area (Å²) in [6, 6.07) is 4.24. The molecule has 1 aromatic heterocycles. The number of halogens is 2. The number of nitrogens with zero attached hydrogens (tertiary/aromatic N) is 1. The first-order chi connectivity index (χ1) is 15.4. The van der Waals surface area contributed by atoms with E-state index < -0.39 is 56.8 Å². The Hall–Kier alpha value is -2.05. The summed E-state index contributed by atoms with van der Waals surface area (Å²) in [6.07, 6.45) is -3.80. The SMILES string of the molecule is [2H]C([2H])(OP1(=O)OCc2cc(Cl)ccc2O1)[C@]1(F)C[C@@H](O)[C@H](n2cc(CO)c(=O)[nH]c2=O)O1. The normalized spacial score (nSPS) is 31.5. The van der Waals surface area contributed by atoms with Gasteiger partial charge >= 0.3 is 13.5 Å². The number of hydrogen-bond acceptors (Lipinski definition) is 9. The highest BCUT2D eigenvalue weighted by Crippen LogP contribution is 2.55. The highest BCUT2D eigenvalue weighted by Gasteiger charge is 2.50. The van der Waals surface area contributed by atoms with E-state index >= 15 is 4.39 Å². The maximum atomic E-state index is 15.6. The number of rotatable bonds is 5. The van der Waals surface area contributed by atoms with Crippen molar-refractivity contribution < 1.29 is 40.2 Å². The third-order valence-corrected chi connectivity index (χ3v) is 5.93. The van der Waals surface area contributed by atoms with Gasteiger partial charge in [-0.1, -0.05) is 11.6 Å². The van der Waals surface area contributed by atoms with Crippen LogP contribution in [0.4, 0.5) is 4.39 Å². The standard InChI is InChI=1S/C17H17ClFN2O9P/c18-11-1-2-13-9(3-11)7-27-31(26,30-13)28-8-17(19)4-12(23)15(29-17)21-5-10(6-22)14(24)20-16(21)25/h1-3,5,12,15,22-23H,4,6-8H2,(H,20,24,25)/t12-,15-,17+,31?/m1/s1/i8D2. The molecule has 0 aliphatic carbocycles. The van der Waals surface area contributed by atoms with Gasteiger partial charge in [-0.15, -0.1) is 0 Å². The van der Waals surface area contributed by atoms with E-state index in [9.17, 15) is 24.4 Å². The van der Waals surface area contributed by atoms with Gasteiger partial charge in [0.15, 0.2) is 6.23 Å². The summed E-state index contributed by atoms with van der Waals surface area (Å²) in [5, 5.41) is 19.8. The highest BCUT2D eigenvalue weighted by molar-refractivity contribution is 7.49. The Kier molecular flexibility index (Phi) is 5.15. The Labute approximate surface area is 181 Å². The van der Waals surface area contributed by atoms with E-state index in [-0.39, 0.29) is 17.9 Å². The van der Waals surface area contributed by atoms with E-state index in [0.29, 0.717) is 15.2 Å². The highest BCUT2D eigenvalue weighted by atomic mass is 35.5. The molecular weight excluding hydrogens is 462 g/mol. The molecule has 0 bridgehead atoms. The predicted molar refractivity (Wildman–Crippen MR) is 102 cm³/mol. The lowest BCUT2D eigenvalue weighted by atomic mass is 10.2. The predicted octanol–water partition coefficient (Wildman–Crippen LogP) is 1.36. The minimum Gasteiger partial charge on any atom is -0.404 e. The average molecular weight is 481 g/mol. The van der Waals surface area contributed by atoms with Crippen LogP contribution in [0.25, 0.3) is 0 Å². The summed E-state index contributed by atoms with van der Waals surface area (Å²) < 4.78 is 64.9. The molecule has 3 heterocycles. The van der Waals surface area contributed by atoms with Crippen LogP contribution < -0.4 is 15.8 Å². The van der Waals surface area contributed by atoms with Crippen LogP contribution in [0.15, 0.2) is 34.0 Å². The molecule has 1 unspecified atom stereocenters. The number of aromatic amines is 1. The van der Waals surface area contributed by atoms with Gasteiger partial charge < -0.3 is 19.5 Å². The zero-order chi connectivity index (χ0) is 24.2. The van der Waals surface area contributed by atoms with E-state index in [1.54, 1.807) is 0 Å². The molecule has 3 N–H and O–H groups in total. The van der Waals surface area contributed by atoms with Crippen molar-refractivity contribution in [3.05, 3.63) is 61.4 Å². The van der Waals surface area contributed by atoms with Gasteiger partial charge in [0, 0.05) is 23.2 Å². The smallest absolute Gasteiger partial charge is 0.404 e. The number of aromatic nitrogens is 2. The molecule has 1 aromatic carbocycles. The van der Waals surface area contributed by atoms with Gasteiger partial charge in [0.2, 0.25) is 5.85 Å². The third kappa shape index (κ3) is 4.46. The van der Waals surface area contributed by atoms with Crippen LogP contribution in [0, 0.1) is 0 Å². The maximum Gasteiger partial charge on any atom is 0.530 e. The van der Waals surface area contributed by atoms with E-state index in [1.165, 1.54) is 18.2 Å². The second-order valence-corrected chi connectivity index (χ2v) is 8.70. The number of aliphatic hydroxyl groups is 2. The van der Waals surface area contributed by atoms with Crippen molar-refractivity contribution in [1.29, 1.82) is 0 Å². The van der Waals surface area contributed by atoms with E-state index in [0.717, 1.165) is 6.20 Å². The molecule has 4 atom stereocenters. The lowest BCUT2D eigenvalue weighted by Crippen LogP contribution is -2.37. The summed E-state index contributed by atoms with van der Waals surface area (Å²) in [7, 11) is -4.69. The van der Waals surface area contributed by atoms with Gasteiger partial charge in [-0.3, -0.25) is 23.4 Å². The number of H-pyrrole nitrogens is 1. The lowest BCUT2D eigenvalue weighted by molar-refractivity contribution is -0.179. The molecule has 168 valence electrons. The van der Waals surface area contributed by atoms with Crippen molar-refractivity contribution in [3.63, 3.8) is 0 Å². The molecule has 2 aromatic rings. The number of phosphoric acid groups is 1. The largest absolute Gasteiger partial charge is 0.530 e. The minimum absolute atomic E-state index is 0.0271. The van der Waals surface area contributed by atoms with Gasteiger partial charge in [-0.25, -0.2) is 13.8 Å². The van der Waals surface area contributed by atoms with Crippen LogP contribution in [0.3, 0.4) is 0 Å². The van der Waals surface area contributed by atoms with Crippen molar-refractivity contribution >= 4 is 19.4 Å². The summed E-state index contributed by atoms with van der Waals surface area (Å²) in [6.45, 7) is -4.59. The Balaban J connectivity index is 1.58. The lowest BCUT2D eigenvalue weighted by Gasteiger charge is -2.27. The fraction of sp³-hybridized carbons (Fsp3) is 0.412. The quantitative estimate of drug-likeness (QED) is 0.539. The molecule has 0 radical (unpaired) electrons. The van der Waals surface area contributed by atoms with Crippen LogP contribution in [0.5, 0.6) is 5.75 Å². The molecule has 14 heteroatoms. The minimum atomic E-state index is -4.69. The zero-order valence-electron chi connectivity index (χ0n) is 17.5. The number of nitrogens with one attached hydrogen (secondary N) is 1. The Morgan fingerprint density at radius 3 is 3.00 bits per heavy atom.